The van der Waals surface area contributed by atoms with Crippen LogP contribution in [-0.4, -0.2) is 59.5 Å². The maximum Gasteiger partial charge on any atom is 0.243 e. The van der Waals surface area contributed by atoms with Crippen LogP contribution in [0.3, 0.4) is 0 Å². The van der Waals surface area contributed by atoms with Crippen LogP contribution in [0, 0.1) is 0 Å². The molecule has 162 valence electrons. The Hall–Kier alpha value is -1.16. The lowest BCUT2D eigenvalue weighted by atomic mass is 10.2. The van der Waals surface area contributed by atoms with Gasteiger partial charge in [-0.25, -0.2) is 9.97 Å². The summed E-state index contributed by atoms with van der Waals surface area (Å²) in [5.41, 5.74) is 1.02. The minimum absolute atomic E-state index is 0. The van der Waals surface area contributed by atoms with Crippen molar-refractivity contribution in [1.29, 1.82) is 0 Å². The molecule has 0 bridgehead atoms. The van der Waals surface area contributed by atoms with Gasteiger partial charge in [-0.15, -0.1) is 48.6 Å². The van der Waals surface area contributed by atoms with Crippen molar-refractivity contribution in [2.45, 2.75) is 25.4 Å². The van der Waals surface area contributed by atoms with E-state index in [0.717, 1.165) is 63.6 Å². The Balaban J connectivity index is 0.00000140. The highest BCUT2D eigenvalue weighted by molar-refractivity contribution is 7.13. The quantitative estimate of drug-likeness (QED) is 0.684. The molecule has 29 heavy (non-hydrogen) atoms. The number of anilines is 2. The van der Waals surface area contributed by atoms with Gasteiger partial charge in [-0.1, -0.05) is 6.07 Å². The predicted octanol–water partition coefficient (Wildman–Crippen LogP) is 2.82. The summed E-state index contributed by atoms with van der Waals surface area (Å²) in [5.74, 6) is 1.08. The topological polar surface area (TPSA) is 73.4 Å². The van der Waals surface area contributed by atoms with Crippen molar-refractivity contribution in [3.63, 3.8) is 0 Å². The normalized spacial score (nSPS) is 18.9. The summed E-state index contributed by atoms with van der Waals surface area (Å²) in [5, 5.41) is 8.90. The second-order valence-corrected chi connectivity index (χ2v) is 7.59. The van der Waals surface area contributed by atoms with Gasteiger partial charge in [0.2, 0.25) is 5.91 Å². The summed E-state index contributed by atoms with van der Waals surface area (Å²) >= 11 is 1.50. The summed E-state index contributed by atoms with van der Waals surface area (Å²) in [4.78, 5) is 25.9. The van der Waals surface area contributed by atoms with E-state index >= 15 is 0 Å². The van der Waals surface area contributed by atoms with Gasteiger partial charge in [-0.3, -0.25) is 9.69 Å². The van der Waals surface area contributed by atoms with Crippen LogP contribution in [0.15, 0.2) is 29.8 Å². The highest BCUT2D eigenvalue weighted by Crippen LogP contribution is 2.19. The van der Waals surface area contributed by atoms with E-state index in [1.54, 1.807) is 0 Å². The van der Waals surface area contributed by atoms with Gasteiger partial charge < -0.3 is 15.5 Å². The first-order chi connectivity index (χ1) is 12.8. The molecule has 2 aromatic rings. The summed E-state index contributed by atoms with van der Waals surface area (Å²) in [6.07, 6.45) is 3.81. The van der Waals surface area contributed by atoms with E-state index < -0.39 is 0 Å². The number of hydrogen-bond donors (Lipinski definition) is 2. The second kappa shape index (κ2) is 12.5. The van der Waals surface area contributed by atoms with E-state index in [9.17, 15) is 4.79 Å². The highest BCUT2D eigenvalue weighted by atomic mass is 35.5. The lowest BCUT2D eigenvalue weighted by Crippen LogP contribution is -2.46. The molecule has 0 spiro atoms. The number of piperazine rings is 1. The van der Waals surface area contributed by atoms with Crippen LogP contribution < -0.4 is 15.5 Å². The maximum atomic E-state index is 12.2. The van der Waals surface area contributed by atoms with Gasteiger partial charge in [0.25, 0.3) is 0 Å². The van der Waals surface area contributed by atoms with Crippen LogP contribution in [-0.2, 0) is 11.3 Å². The number of hydrogen-bond acceptors (Lipinski definition) is 7. The molecule has 11 heteroatoms. The zero-order valence-corrected chi connectivity index (χ0v) is 19.2. The van der Waals surface area contributed by atoms with E-state index in [2.05, 4.69) is 36.5 Å². The molecule has 0 aromatic carbocycles. The van der Waals surface area contributed by atoms with Gasteiger partial charge in [0.15, 0.2) is 5.13 Å². The van der Waals surface area contributed by atoms with Crippen molar-refractivity contribution in [2.75, 3.05) is 42.9 Å². The van der Waals surface area contributed by atoms with Crippen molar-refractivity contribution in [1.82, 2.24) is 20.2 Å². The molecule has 1 unspecified atom stereocenters. The van der Waals surface area contributed by atoms with Crippen molar-refractivity contribution < 1.29 is 4.79 Å². The fourth-order valence-electron chi connectivity index (χ4n) is 3.44. The molecule has 0 radical (unpaired) electrons. The molecule has 4 rings (SSSR count). The van der Waals surface area contributed by atoms with E-state index in [1.165, 1.54) is 11.3 Å². The minimum Gasteiger partial charge on any atom is -0.354 e. The summed E-state index contributed by atoms with van der Waals surface area (Å²) in [6, 6.07) is 5.97. The van der Waals surface area contributed by atoms with Crippen LogP contribution in [0.25, 0.3) is 0 Å². The van der Waals surface area contributed by atoms with Crippen molar-refractivity contribution in [3.05, 3.63) is 35.5 Å². The number of rotatable bonds is 5. The molecule has 0 aliphatic carbocycles. The molecular formula is C18H27Cl3N6OS. The zero-order chi connectivity index (χ0) is 17.8. The largest absolute Gasteiger partial charge is 0.354 e. The predicted molar refractivity (Wildman–Crippen MR) is 125 cm³/mol. The van der Waals surface area contributed by atoms with E-state index in [-0.39, 0.29) is 49.2 Å². The fraction of sp³-hybridized carbons (Fsp3) is 0.500. The first-order valence-corrected chi connectivity index (χ1v) is 10.0. The smallest absolute Gasteiger partial charge is 0.243 e. The lowest BCUT2D eigenvalue weighted by Gasteiger charge is -2.35. The number of nitrogens with zero attached hydrogens (tertiary/aromatic N) is 4. The number of aromatic nitrogens is 2. The molecule has 2 aromatic heterocycles. The maximum absolute atomic E-state index is 12.2. The standard InChI is InChI=1S/C18H24N6OS.3ClH/c25-17(15-4-3-7-19-15)22-18-21-14(13-26-18)12-23-8-10-24(11-9-23)16-5-1-2-6-20-16;;;/h1-2,5-6,13,15,19H,3-4,7-12H2,(H,21,22,25);3*1H. The third-order valence-electron chi connectivity index (χ3n) is 4.89. The highest BCUT2D eigenvalue weighted by Gasteiger charge is 2.23. The first kappa shape index (κ1) is 25.9. The molecule has 7 nitrogen and oxygen atoms in total. The van der Waals surface area contributed by atoms with Gasteiger partial charge in [-0.05, 0) is 31.5 Å². The van der Waals surface area contributed by atoms with Crippen LogP contribution in [0.2, 0.25) is 0 Å². The number of carbonyl (C=O) groups excluding carboxylic acids is 1. The van der Waals surface area contributed by atoms with E-state index in [4.69, 9.17) is 0 Å². The molecule has 2 N–H and O–H groups in total. The molecule has 2 aliphatic heterocycles. The Morgan fingerprint density at radius 3 is 2.66 bits per heavy atom. The number of nitrogens with one attached hydrogen (secondary N) is 2. The van der Waals surface area contributed by atoms with E-state index in [1.807, 2.05) is 23.7 Å². The average molecular weight is 482 g/mol. The van der Waals surface area contributed by atoms with Gasteiger partial charge >= 0.3 is 0 Å². The molecule has 1 amide bonds. The number of carbonyl (C=O) groups is 1. The Bertz CT molecular complexity index is 736. The number of amides is 1. The summed E-state index contributed by atoms with van der Waals surface area (Å²) < 4.78 is 0. The third-order valence-corrected chi connectivity index (χ3v) is 5.70. The number of halogens is 3. The average Bonchev–Trinajstić information content (AvgIpc) is 3.35. The Morgan fingerprint density at radius 1 is 1.21 bits per heavy atom. The molecule has 2 saturated heterocycles. The second-order valence-electron chi connectivity index (χ2n) is 6.73. The number of pyridine rings is 1. The van der Waals surface area contributed by atoms with Crippen LogP contribution >= 0.6 is 48.6 Å². The Kier molecular flexibility index (Phi) is 11.2. The van der Waals surface area contributed by atoms with Crippen molar-refractivity contribution >= 4 is 65.4 Å². The summed E-state index contributed by atoms with van der Waals surface area (Å²) in [7, 11) is 0. The zero-order valence-electron chi connectivity index (χ0n) is 16.0. The summed E-state index contributed by atoms with van der Waals surface area (Å²) in [6.45, 7) is 5.66. The van der Waals surface area contributed by atoms with Gasteiger partial charge in [0, 0.05) is 44.3 Å². The molecule has 2 aliphatic rings. The molecular weight excluding hydrogens is 455 g/mol. The third kappa shape index (κ3) is 6.94. The fourth-order valence-corrected chi connectivity index (χ4v) is 4.15. The molecule has 0 saturated carbocycles. The van der Waals surface area contributed by atoms with Crippen LogP contribution in [0.1, 0.15) is 18.5 Å². The van der Waals surface area contributed by atoms with Crippen molar-refractivity contribution in [3.8, 4) is 0 Å². The Morgan fingerprint density at radius 2 is 2.00 bits per heavy atom. The minimum atomic E-state index is -0.0676. The van der Waals surface area contributed by atoms with Crippen LogP contribution in [0.5, 0.6) is 0 Å². The van der Waals surface area contributed by atoms with Crippen molar-refractivity contribution in [2.24, 2.45) is 0 Å². The van der Waals surface area contributed by atoms with Gasteiger partial charge in [0.1, 0.15) is 5.82 Å². The first-order valence-electron chi connectivity index (χ1n) is 9.15. The monoisotopic (exact) mass is 480 g/mol. The number of thiazole rings is 1. The van der Waals surface area contributed by atoms with Gasteiger partial charge in [0.05, 0.1) is 11.7 Å². The molecule has 4 heterocycles. The van der Waals surface area contributed by atoms with Crippen LogP contribution in [0.4, 0.5) is 10.9 Å². The SMILES string of the molecule is Cl.Cl.Cl.O=C(Nc1nc(CN2CCN(c3ccccn3)CC2)cs1)C1CCCN1. The van der Waals surface area contributed by atoms with Gasteiger partial charge in [-0.2, -0.15) is 0 Å². The van der Waals surface area contributed by atoms with E-state index in [0.29, 0.717) is 5.13 Å². The Labute approximate surface area is 193 Å². The lowest BCUT2D eigenvalue weighted by molar-refractivity contribution is -0.117. The molecule has 2 fully saturated rings. The molecule has 1 atom stereocenters.